The third-order valence-corrected chi connectivity index (χ3v) is 3.21. The van der Waals surface area contributed by atoms with Crippen LogP contribution in [0.1, 0.15) is 28.3 Å². The molecule has 94 valence electrons. The standard InChI is InChI=1S/C15H17FN2/c1-10-4-5-12(6-11(10)2)15(17-3)13-7-14(16)9-18-8-13/h4-9,15,17H,1-3H3. The average Bonchev–Trinajstić information content (AvgIpc) is 2.35. The van der Waals surface area contributed by atoms with Crippen molar-refractivity contribution in [1.82, 2.24) is 10.3 Å². The summed E-state index contributed by atoms with van der Waals surface area (Å²) < 4.78 is 13.2. The molecule has 0 radical (unpaired) electrons. The van der Waals surface area contributed by atoms with Crippen LogP contribution in [0, 0.1) is 19.7 Å². The molecule has 0 bridgehead atoms. The first kappa shape index (κ1) is 12.7. The SMILES string of the molecule is CNC(c1cncc(F)c1)c1ccc(C)c(C)c1. The maximum absolute atomic E-state index is 13.2. The molecule has 1 atom stereocenters. The summed E-state index contributed by atoms with van der Waals surface area (Å²) in [6, 6.07) is 7.76. The molecule has 0 aliphatic rings. The summed E-state index contributed by atoms with van der Waals surface area (Å²) in [7, 11) is 1.87. The van der Waals surface area contributed by atoms with Crippen LogP contribution in [-0.2, 0) is 0 Å². The van der Waals surface area contributed by atoms with E-state index in [1.807, 2.05) is 7.05 Å². The van der Waals surface area contributed by atoms with Crippen LogP contribution in [0.5, 0.6) is 0 Å². The number of halogens is 1. The van der Waals surface area contributed by atoms with Gasteiger partial charge in [0.15, 0.2) is 0 Å². The summed E-state index contributed by atoms with van der Waals surface area (Å²) in [6.07, 6.45) is 2.91. The molecule has 3 heteroatoms. The van der Waals surface area contributed by atoms with Gasteiger partial charge in [-0.1, -0.05) is 18.2 Å². The molecule has 0 aliphatic heterocycles. The molecule has 1 heterocycles. The van der Waals surface area contributed by atoms with Crippen LogP contribution >= 0.6 is 0 Å². The van der Waals surface area contributed by atoms with E-state index in [1.54, 1.807) is 6.20 Å². The van der Waals surface area contributed by atoms with Gasteiger partial charge >= 0.3 is 0 Å². The fourth-order valence-electron chi connectivity index (χ4n) is 2.06. The van der Waals surface area contributed by atoms with Crippen molar-refractivity contribution in [1.29, 1.82) is 0 Å². The second-order valence-corrected chi connectivity index (χ2v) is 4.50. The monoisotopic (exact) mass is 244 g/mol. The van der Waals surface area contributed by atoms with E-state index in [9.17, 15) is 4.39 Å². The lowest BCUT2D eigenvalue weighted by Gasteiger charge is -2.18. The highest BCUT2D eigenvalue weighted by molar-refractivity contribution is 5.36. The number of nitrogens with zero attached hydrogens (tertiary/aromatic N) is 1. The zero-order valence-corrected chi connectivity index (χ0v) is 10.9. The predicted molar refractivity (Wildman–Crippen MR) is 71.0 cm³/mol. The Bertz CT molecular complexity index is 552. The Morgan fingerprint density at radius 2 is 1.83 bits per heavy atom. The quantitative estimate of drug-likeness (QED) is 0.897. The van der Waals surface area contributed by atoms with Crippen LogP contribution in [0.4, 0.5) is 4.39 Å². The van der Waals surface area contributed by atoms with E-state index in [0.29, 0.717) is 0 Å². The first-order chi connectivity index (χ1) is 8.61. The maximum Gasteiger partial charge on any atom is 0.141 e. The molecule has 1 aromatic heterocycles. The third-order valence-electron chi connectivity index (χ3n) is 3.21. The smallest absolute Gasteiger partial charge is 0.141 e. The van der Waals surface area contributed by atoms with Crippen LogP contribution in [-0.4, -0.2) is 12.0 Å². The summed E-state index contributed by atoms with van der Waals surface area (Å²) in [5, 5.41) is 3.20. The summed E-state index contributed by atoms with van der Waals surface area (Å²) in [6.45, 7) is 4.16. The molecule has 0 amide bonds. The van der Waals surface area contributed by atoms with Crippen molar-refractivity contribution in [3.05, 3.63) is 64.7 Å². The van der Waals surface area contributed by atoms with Crippen molar-refractivity contribution < 1.29 is 4.39 Å². The van der Waals surface area contributed by atoms with Gasteiger partial charge in [0.25, 0.3) is 0 Å². The van der Waals surface area contributed by atoms with Gasteiger partial charge in [-0.15, -0.1) is 0 Å². The molecule has 0 saturated heterocycles. The number of aryl methyl sites for hydroxylation is 2. The zero-order valence-electron chi connectivity index (χ0n) is 10.9. The second-order valence-electron chi connectivity index (χ2n) is 4.50. The minimum absolute atomic E-state index is 0.0347. The van der Waals surface area contributed by atoms with Gasteiger partial charge in [0.1, 0.15) is 5.82 Å². The molecule has 0 spiro atoms. The number of rotatable bonds is 3. The number of nitrogens with one attached hydrogen (secondary N) is 1. The Labute approximate surface area is 107 Å². The molecule has 0 saturated carbocycles. The van der Waals surface area contributed by atoms with Crippen molar-refractivity contribution >= 4 is 0 Å². The van der Waals surface area contributed by atoms with Crippen LogP contribution in [0.3, 0.4) is 0 Å². The number of hydrogen-bond donors (Lipinski definition) is 1. The predicted octanol–water partition coefficient (Wildman–Crippen LogP) is 3.15. The van der Waals surface area contributed by atoms with Crippen molar-refractivity contribution in [3.8, 4) is 0 Å². The molecule has 2 rings (SSSR count). The van der Waals surface area contributed by atoms with Crippen molar-refractivity contribution in [2.24, 2.45) is 0 Å². The Kier molecular flexibility index (Phi) is 3.72. The maximum atomic E-state index is 13.2. The largest absolute Gasteiger partial charge is 0.309 e. The Morgan fingerprint density at radius 1 is 1.06 bits per heavy atom. The first-order valence-corrected chi connectivity index (χ1v) is 5.96. The highest BCUT2D eigenvalue weighted by atomic mass is 19.1. The summed E-state index contributed by atoms with van der Waals surface area (Å²) in [5.74, 6) is -0.309. The van der Waals surface area contributed by atoms with Gasteiger partial charge < -0.3 is 5.32 Å². The molecule has 2 aromatic rings. The van der Waals surface area contributed by atoms with Gasteiger partial charge in [-0.05, 0) is 49.2 Å². The third kappa shape index (κ3) is 2.57. The lowest BCUT2D eigenvalue weighted by atomic mass is 9.97. The molecule has 1 N–H and O–H groups in total. The van der Waals surface area contributed by atoms with Gasteiger partial charge in [0.2, 0.25) is 0 Å². The van der Waals surface area contributed by atoms with E-state index in [0.717, 1.165) is 11.1 Å². The van der Waals surface area contributed by atoms with E-state index in [1.165, 1.54) is 23.4 Å². The van der Waals surface area contributed by atoms with Crippen molar-refractivity contribution in [2.45, 2.75) is 19.9 Å². The number of pyridine rings is 1. The van der Waals surface area contributed by atoms with Crippen LogP contribution < -0.4 is 5.32 Å². The minimum Gasteiger partial charge on any atom is -0.309 e. The summed E-state index contributed by atoms with van der Waals surface area (Å²) in [4.78, 5) is 3.90. The van der Waals surface area contributed by atoms with E-state index in [-0.39, 0.29) is 11.9 Å². The van der Waals surface area contributed by atoms with Crippen molar-refractivity contribution in [2.75, 3.05) is 7.05 Å². The average molecular weight is 244 g/mol. The molecule has 1 unspecified atom stereocenters. The van der Waals surface area contributed by atoms with Gasteiger partial charge in [-0.3, -0.25) is 4.98 Å². The molecule has 2 nitrogen and oxygen atoms in total. The Morgan fingerprint density at radius 3 is 2.44 bits per heavy atom. The number of aromatic nitrogens is 1. The van der Waals surface area contributed by atoms with Gasteiger partial charge in [-0.2, -0.15) is 0 Å². The van der Waals surface area contributed by atoms with Gasteiger partial charge in [0, 0.05) is 6.20 Å². The summed E-state index contributed by atoms with van der Waals surface area (Å²) >= 11 is 0. The van der Waals surface area contributed by atoms with Gasteiger partial charge in [-0.25, -0.2) is 4.39 Å². The fourth-order valence-corrected chi connectivity index (χ4v) is 2.06. The van der Waals surface area contributed by atoms with Gasteiger partial charge in [0.05, 0.1) is 12.2 Å². The van der Waals surface area contributed by atoms with Crippen LogP contribution in [0.25, 0.3) is 0 Å². The second kappa shape index (κ2) is 5.27. The highest BCUT2D eigenvalue weighted by Gasteiger charge is 2.13. The summed E-state index contributed by atoms with van der Waals surface area (Å²) in [5.41, 5.74) is 4.44. The highest BCUT2D eigenvalue weighted by Crippen LogP contribution is 2.23. The lowest BCUT2D eigenvalue weighted by Crippen LogP contribution is -2.18. The fraction of sp³-hybridized carbons (Fsp3) is 0.267. The van der Waals surface area contributed by atoms with E-state index in [4.69, 9.17) is 0 Å². The number of benzene rings is 1. The Balaban J connectivity index is 2.42. The van der Waals surface area contributed by atoms with Crippen LogP contribution in [0.2, 0.25) is 0 Å². The molecule has 0 fully saturated rings. The Hall–Kier alpha value is -1.74. The molecule has 18 heavy (non-hydrogen) atoms. The molecule has 0 aliphatic carbocycles. The van der Waals surface area contributed by atoms with E-state index >= 15 is 0 Å². The van der Waals surface area contributed by atoms with Crippen LogP contribution in [0.15, 0.2) is 36.7 Å². The normalized spacial score (nSPS) is 12.4. The lowest BCUT2D eigenvalue weighted by molar-refractivity contribution is 0.608. The topological polar surface area (TPSA) is 24.9 Å². The molecular weight excluding hydrogens is 227 g/mol. The van der Waals surface area contributed by atoms with E-state index in [2.05, 4.69) is 42.3 Å². The molecule has 1 aromatic carbocycles. The van der Waals surface area contributed by atoms with Crippen molar-refractivity contribution in [3.63, 3.8) is 0 Å². The molecular formula is C15H17FN2. The minimum atomic E-state index is -0.309. The number of hydrogen-bond acceptors (Lipinski definition) is 2. The zero-order chi connectivity index (χ0) is 13.1. The first-order valence-electron chi connectivity index (χ1n) is 5.96. The van der Waals surface area contributed by atoms with E-state index < -0.39 is 0 Å².